The fourth-order valence-corrected chi connectivity index (χ4v) is 3.52. The number of carbonyl (C=O) groups is 1. The summed E-state index contributed by atoms with van der Waals surface area (Å²) in [6.45, 7) is 3.61. The molecular formula is C19H18ClN3O5S. The van der Waals surface area contributed by atoms with Gasteiger partial charge in [-0.2, -0.15) is 4.98 Å². The number of carbonyl (C=O) groups excluding carboxylic acids is 1. The fraction of sp³-hybridized carbons (Fsp3) is 0.211. The molecule has 0 aliphatic heterocycles. The van der Waals surface area contributed by atoms with Gasteiger partial charge in [0.25, 0.3) is 15.9 Å². The maximum absolute atomic E-state index is 12.6. The summed E-state index contributed by atoms with van der Waals surface area (Å²) in [4.78, 5) is 16.3. The first-order chi connectivity index (χ1) is 13.7. The van der Waals surface area contributed by atoms with Crippen LogP contribution in [-0.2, 0) is 21.4 Å². The second-order valence-corrected chi connectivity index (χ2v) is 8.54. The van der Waals surface area contributed by atoms with E-state index in [1.807, 2.05) is 13.8 Å². The van der Waals surface area contributed by atoms with E-state index in [0.717, 1.165) is 0 Å². The summed E-state index contributed by atoms with van der Waals surface area (Å²) in [5, 5.41) is 4.27. The van der Waals surface area contributed by atoms with Gasteiger partial charge in [-0.05, 0) is 42.5 Å². The van der Waals surface area contributed by atoms with E-state index in [1.165, 1.54) is 36.4 Å². The highest BCUT2D eigenvalue weighted by atomic mass is 35.5. The average Bonchev–Trinajstić information content (AvgIpc) is 3.17. The molecule has 0 bridgehead atoms. The lowest BCUT2D eigenvalue weighted by molar-refractivity contribution is 0.0429. The van der Waals surface area contributed by atoms with Gasteiger partial charge in [0.2, 0.25) is 0 Å². The summed E-state index contributed by atoms with van der Waals surface area (Å²) in [6, 6.07) is 11.7. The van der Waals surface area contributed by atoms with Crippen LogP contribution in [0, 0.1) is 0 Å². The number of ether oxygens (including phenoxy) is 1. The predicted octanol–water partition coefficient (Wildman–Crippen LogP) is 4.00. The molecule has 3 aromatic rings. The third-order valence-corrected chi connectivity index (χ3v) is 5.43. The number of esters is 1. The van der Waals surface area contributed by atoms with Crippen LogP contribution in [0.2, 0.25) is 5.02 Å². The van der Waals surface area contributed by atoms with E-state index in [0.29, 0.717) is 16.5 Å². The van der Waals surface area contributed by atoms with Gasteiger partial charge in [-0.1, -0.05) is 36.7 Å². The van der Waals surface area contributed by atoms with Gasteiger partial charge in [-0.25, -0.2) is 13.2 Å². The molecule has 0 atom stereocenters. The SMILES string of the molecule is CC(C)c1noc(COC(=O)c2cccc(S(=O)(=O)Nc3ccc(Cl)cc3)c2)n1. The number of sulfonamides is 1. The number of benzene rings is 2. The summed E-state index contributed by atoms with van der Waals surface area (Å²) in [7, 11) is -3.90. The van der Waals surface area contributed by atoms with Crippen LogP contribution in [0.3, 0.4) is 0 Å². The van der Waals surface area contributed by atoms with Crippen LogP contribution in [0.4, 0.5) is 5.69 Å². The van der Waals surface area contributed by atoms with Crippen molar-refractivity contribution in [1.82, 2.24) is 10.1 Å². The number of hydrogen-bond acceptors (Lipinski definition) is 7. The van der Waals surface area contributed by atoms with Crippen molar-refractivity contribution in [2.24, 2.45) is 0 Å². The van der Waals surface area contributed by atoms with Gasteiger partial charge in [-0.15, -0.1) is 0 Å². The Balaban J connectivity index is 1.70. The Morgan fingerprint density at radius 1 is 1.21 bits per heavy atom. The molecule has 0 amide bonds. The number of hydrogen-bond donors (Lipinski definition) is 1. The maximum Gasteiger partial charge on any atom is 0.338 e. The monoisotopic (exact) mass is 435 g/mol. The molecule has 10 heteroatoms. The second kappa shape index (κ2) is 8.62. The van der Waals surface area contributed by atoms with Crippen molar-refractivity contribution >= 4 is 33.3 Å². The van der Waals surface area contributed by atoms with Crippen molar-refractivity contribution in [3.05, 3.63) is 70.8 Å². The van der Waals surface area contributed by atoms with Crippen LogP contribution in [0.1, 0.15) is 41.8 Å². The molecule has 2 aromatic carbocycles. The van der Waals surface area contributed by atoms with E-state index in [-0.39, 0.29) is 28.9 Å². The molecule has 1 aromatic heterocycles. The molecule has 1 N–H and O–H groups in total. The van der Waals surface area contributed by atoms with Crippen LogP contribution in [0.15, 0.2) is 57.9 Å². The predicted molar refractivity (Wildman–Crippen MR) is 106 cm³/mol. The molecule has 29 heavy (non-hydrogen) atoms. The van der Waals surface area contributed by atoms with E-state index in [2.05, 4.69) is 14.9 Å². The molecule has 152 valence electrons. The van der Waals surface area contributed by atoms with E-state index in [4.69, 9.17) is 20.9 Å². The van der Waals surface area contributed by atoms with Gasteiger partial charge in [-0.3, -0.25) is 4.72 Å². The molecular weight excluding hydrogens is 418 g/mol. The molecule has 0 radical (unpaired) electrons. The number of anilines is 1. The molecule has 0 spiro atoms. The van der Waals surface area contributed by atoms with Gasteiger partial charge in [0.1, 0.15) is 0 Å². The zero-order chi connectivity index (χ0) is 21.0. The minimum absolute atomic E-state index is 0.0765. The van der Waals surface area contributed by atoms with E-state index >= 15 is 0 Å². The molecule has 0 fully saturated rings. The van der Waals surface area contributed by atoms with Crippen molar-refractivity contribution in [2.75, 3.05) is 4.72 Å². The summed E-state index contributed by atoms with van der Waals surface area (Å²) < 4.78 is 37.7. The first-order valence-corrected chi connectivity index (χ1v) is 10.5. The van der Waals surface area contributed by atoms with E-state index in [9.17, 15) is 13.2 Å². The Kier molecular flexibility index (Phi) is 6.19. The highest BCUT2D eigenvalue weighted by Crippen LogP contribution is 2.20. The molecule has 0 aliphatic carbocycles. The first-order valence-electron chi connectivity index (χ1n) is 8.62. The largest absolute Gasteiger partial charge is 0.452 e. The molecule has 0 aliphatic rings. The zero-order valence-corrected chi connectivity index (χ0v) is 17.2. The Bertz CT molecular complexity index is 1110. The van der Waals surface area contributed by atoms with Gasteiger partial charge >= 0.3 is 5.97 Å². The van der Waals surface area contributed by atoms with E-state index < -0.39 is 16.0 Å². The summed E-state index contributed by atoms with van der Waals surface area (Å²) >= 11 is 5.80. The third-order valence-electron chi connectivity index (χ3n) is 3.80. The second-order valence-electron chi connectivity index (χ2n) is 6.42. The molecule has 0 unspecified atom stereocenters. The van der Waals surface area contributed by atoms with Gasteiger partial charge in [0, 0.05) is 16.6 Å². The number of halogens is 1. The van der Waals surface area contributed by atoms with Crippen molar-refractivity contribution in [3.63, 3.8) is 0 Å². The van der Waals surface area contributed by atoms with Crippen molar-refractivity contribution in [3.8, 4) is 0 Å². The third kappa shape index (κ3) is 5.33. The smallest absolute Gasteiger partial charge is 0.338 e. The minimum atomic E-state index is -3.90. The summed E-state index contributed by atoms with van der Waals surface area (Å²) in [6.07, 6.45) is 0. The quantitative estimate of drug-likeness (QED) is 0.558. The Morgan fingerprint density at radius 2 is 1.93 bits per heavy atom. The number of aromatic nitrogens is 2. The van der Waals surface area contributed by atoms with Crippen molar-refractivity contribution in [1.29, 1.82) is 0 Å². The topological polar surface area (TPSA) is 111 Å². The number of nitrogens with one attached hydrogen (secondary N) is 1. The Morgan fingerprint density at radius 3 is 2.59 bits per heavy atom. The summed E-state index contributed by atoms with van der Waals surface area (Å²) in [5.41, 5.74) is 0.423. The minimum Gasteiger partial charge on any atom is -0.452 e. The maximum atomic E-state index is 12.6. The average molecular weight is 436 g/mol. The fourth-order valence-electron chi connectivity index (χ4n) is 2.29. The van der Waals surface area contributed by atoms with E-state index in [1.54, 1.807) is 12.1 Å². The van der Waals surface area contributed by atoms with Crippen LogP contribution in [0.25, 0.3) is 0 Å². The van der Waals surface area contributed by atoms with Gasteiger partial charge < -0.3 is 9.26 Å². The Labute approximate surface area is 172 Å². The van der Waals surface area contributed by atoms with Crippen LogP contribution < -0.4 is 4.72 Å². The highest BCUT2D eigenvalue weighted by Gasteiger charge is 2.18. The van der Waals surface area contributed by atoms with Crippen LogP contribution >= 0.6 is 11.6 Å². The summed E-state index contributed by atoms with van der Waals surface area (Å²) in [5.74, 6) is 0.0451. The first kappa shape index (κ1) is 20.8. The number of nitrogens with zero attached hydrogens (tertiary/aromatic N) is 2. The van der Waals surface area contributed by atoms with Crippen molar-refractivity contribution < 1.29 is 22.5 Å². The Hall–Kier alpha value is -2.91. The lowest BCUT2D eigenvalue weighted by atomic mass is 10.2. The van der Waals surface area contributed by atoms with Crippen molar-refractivity contribution in [2.45, 2.75) is 31.3 Å². The zero-order valence-electron chi connectivity index (χ0n) is 15.6. The number of rotatable bonds is 7. The molecule has 0 saturated heterocycles. The van der Waals surface area contributed by atoms with Gasteiger partial charge in [0.05, 0.1) is 10.5 Å². The molecule has 8 nitrogen and oxygen atoms in total. The van der Waals surface area contributed by atoms with Gasteiger partial charge in [0.15, 0.2) is 12.4 Å². The molecule has 0 saturated carbocycles. The lowest BCUT2D eigenvalue weighted by Crippen LogP contribution is -2.14. The molecule has 1 heterocycles. The van der Waals surface area contributed by atoms with Crippen LogP contribution in [-0.4, -0.2) is 24.5 Å². The molecule has 3 rings (SSSR count). The lowest BCUT2D eigenvalue weighted by Gasteiger charge is -2.09. The standard InChI is InChI=1S/C19H18ClN3O5S/c1-12(2)18-21-17(28-22-18)11-27-19(24)13-4-3-5-16(10-13)29(25,26)23-15-8-6-14(20)7-9-15/h3-10,12,23H,11H2,1-2H3. The normalized spacial score (nSPS) is 11.4. The highest BCUT2D eigenvalue weighted by molar-refractivity contribution is 7.92. The van der Waals surface area contributed by atoms with Crippen LogP contribution in [0.5, 0.6) is 0 Å².